The van der Waals surface area contributed by atoms with Crippen LogP contribution in [0.25, 0.3) is 0 Å². The van der Waals surface area contributed by atoms with E-state index in [1.165, 1.54) is 0 Å². The maximum atomic E-state index is 5.93. The summed E-state index contributed by atoms with van der Waals surface area (Å²) in [5.41, 5.74) is 3.60. The Morgan fingerprint density at radius 2 is 1.93 bits per heavy atom. The zero-order chi connectivity index (χ0) is 11.3. The lowest BCUT2D eigenvalue weighted by Crippen LogP contribution is -2.12. The molecule has 0 spiro atoms. The molecule has 0 aliphatic carbocycles. The van der Waals surface area contributed by atoms with Crippen LogP contribution in [0.1, 0.15) is 5.56 Å². The monoisotopic (exact) mass is 231 g/mol. The van der Waals surface area contributed by atoms with E-state index in [1.807, 2.05) is 0 Å². The second-order valence-corrected chi connectivity index (χ2v) is 3.26. The normalized spacial score (nSPS) is 10.1. The van der Waals surface area contributed by atoms with Gasteiger partial charge >= 0.3 is 0 Å². The number of hydrogen-bond donors (Lipinski definition) is 1. The summed E-state index contributed by atoms with van der Waals surface area (Å²) >= 11 is 5.93. The molecule has 0 aliphatic rings. The predicted molar refractivity (Wildman–Crippen MR) is 58.4 cm³/mol. The van der Waals surface area contributed by atoms with E-state index in [0.717, 1.165) is 5.56 Å². The van der Waals surface area contributed by atoms with Gasteiger partial charge in [-0.05, 0) is 6.07 Å². The molecule has 0 amide bonds. The highest BCUT2D eigenvalue weighted by molar-refractivity contribution is 6.30. The van der Waals surface area contributed by atoms with E-state index < -0.39 is 0 Å². The van der Waals surface area contributed by atoms with Crippen LogP contribution in [0.5, 0.6) is 11.5 Å². The van der Waals surface area contributed by atoms with Crippen molar-refractivity contribution >= 4 is 11.6 Å². The van der Waals surface area contributed by atoms with Gasteiger partial charge in [-0.2, -0.15) is 5.48 Å². The first-order chi connectivity index (χ1) is 7.22. The molecular weight excluding hydrogens is 218 g/mol. The number of hydroxylamine groups is 1. The highest BCUT2D eigenvalue weighted by atomic mass is 35.5. The summed E-state index contributed by atoms with van der Waals surface area (Å²) in [4.78, 5) is 4.77. The van der Waals surface area contributed by atoms with Gasteiger partial charge in [-0.25, -0.2) is 0 Å². The van der Waals surface area contributed by atoms with Crippen molar-refractivity contribution in [2.24, 2.45) is 0 Å². The van der Waals surface area contributed by atoms with Gasteiger partial charge in [0.25, 0.3) is 0 Å². The molecule has 1 rings (SSSR count). The zero-order valence-corrected chi connectivity index (χ0v) is 9.72. The fourth-order valence-electron chi connectivity index (χ4n) is 1.29. The summed E-state index contributed by atoms with van der Waals surface area (Å²) in [6, 6.07) is 3.51. The summed E-state index contributed by atoms with van der Waals surface area (Å²) < 4.78 is 10.4. The van der Waals surface area contributed by atoms with Gasteiger partial charge in [0.1, 0.15) is 0 Å². The zero-order valence-electron chi connectivity index (χ0n) is 8.96. The molecule has 0 atom stereocenters. The standard InChI is InChI=1S/C10H14ClNO3/c1-13-9-5-8(11)4-7(6-12-15-3)10(9)14-2/h4-5,12H,6H2,1-3H3. The minimum absolute atomic E-state index is 0.497. The van der Waals surface area contributed by atoms with E-state index >= 15 is 0 Å². The number of rotatable bonds is 5. The maximum Gasteiger partial charge on any atom is 0.165 e. The van der Waals surface area contributed by atoms with Crippen LogP contribution >= 0.6 is 11.6 Å². The highest BCUT2D eigenvalue weighted by Crippen LogP contribution is 2.34. The number of hydrogen-bond acceptors (Lipinski definition) is 4. The summed E-state index contributed by atoms with van der Waals surface area (Å²) in [5.74, 6) is 1.27. The first-order valence-corrected chi connectivity index (χ1v) is 4.77. The molecule has 0 aliphatic heterocycles. The van der Waals surface area contributed by atoms with Gasteiger partial charge in [0.05, 0.1) is 21.3 Å². The van der Waals surface area contributed by atoms with E-state index in [4.69, 9.17) is 25.9 Å². The molecule has 4 nitrogen and oxygen atoms in total. The second-order valence-electron chi connectivity index (χ2n) is 2.83. The van der Waals surface area contributed by atoms with Crippen LogP contribution in [0.15, 0.2) is 12.1 Å². The highest BCUT2D eigenvalue weighted by Gasteiger charge is 2.11. The summed E-state index contributed by atoms with van der Waals surface area (Å²) in [6.45, 7) is 0.497. The van der Waals surface area contributed by atoms with Gasteiger partial charge in [0.15, 0.2) is 11.5 Å². The Balaban J connectivity index is 3.05. The Kier molecular flexibility index (Phi) is 4.68. The minimum atomic E-state index is 0.497. The Morgan fingerprint density at radius 3 is 2.47 bits per heavy atom. The van der Waals surface area contributed by atoms with Crippen LogP contribution in [0.2, 0.25) is 5.02 Å². The Hall–Kier alpha value is -0.970. The number of benzene rings is 1. The van der Waals surface area contributed by atoms with Crippen LogP contribution in [0.4, 0.5) is 0 Å². The number of halogens is 1. The first kappa shape index (κ1) is 12.1. The molecule has 0 fully saturated rings. The van der Waals surface area contributed by atoms with Crippen LogP contribution in [0.3, 0.4) is 0 Å². The van der Waals surface area contributed by atoms with Gasteiger partial charge in [-0.3, -0.25) is 0 Å². The molecule has 1 aromatic rings. The van der Waals surface area contributed by atoms with Crippen LogP contribution < -0.4 is 15.0 Å². The van der Waals surface area contributed by atoms with Gasteiger partial charge in [-0.15, -0.1) is 0 Å². The molecule has 84 valence electrons. The number of nitrogens with one attached hydrogen (secondary N) is 1. The molecule has 0 bridgehead atoms. The molecule has 1 aromatic carbocycles. The van der Waals surface area contributed by atoms with Crippen molar-refractivity contribution in [1.29, 1.82) is 0 Å². The van der Waals surface area contributed by atoms with Crippen molar-refractivity contribution in [3.05, 3.63) is 22.7 Å². The van der Waals surface area contributed by atoms with Crippen molar-refractivity contribution in [2.45, 2.75) is 6.54 Å². The SMILES string of the molecule is CONCc1cc(Cl)cc(OC)c1OC. The molecule has 15 heavy (non-hydrogen) atoms. The summed E-state index contributed by atoms with van der Waals surface area (Å²) in [6.07, 6.45) is 0. The van der Waals surface area contributed by atoms with Gasteiger partial charge in [0, 0.05) is 23.2 Å². The molecule has 0 unspecified atom stereocenters. The average Bonchev–Trinajstić information content (AvgIpc) is 2.25. The molecule has 0 saturated carbocycles. The van der Waals surface area contributed by atoms with Crippen LogP contribution in [-0.2, 0) is 11.4 Å². The fourth-order valence-corrected chi connectivity index (χ4v) is 1.52. The second kappa shape index (κ2) is 5.80. The van der Waals surface area contributed by atoms with Crippen molar-refractivity contribution in [1.82, 2.24) is 5.48 Å². The smallest absolute Gasteiger partial charge is 0.165 e. The predicted octanol–water partition coefficient (Wildman–Crippen LogP) is 2.01. The molecular formula is C10H14ClNO3. The van der Waals surface area contributed by atoms with Crippen molar-refractivity contribution < 1.29 is 14.3 Å². The molecule has 5 heteroatoms. The van der Waals surface area contributed by atoms with Gasteiger partial charge in [-0.1, -0.05) is 11.6 Å². The Bertz CT molecular complexity index is 331. The molecule has 1 N–H and O–H groups in total. The van der Waals surface area contributed by atoms with E-state index in [2.05, 4.69) is 5.48 Å². The first-order valence-electron chi connectivity index (χ1n) is 4.39. The minimum Gasteiger partial charge on any atom is -0.493 e. The number of ether oxygens (including phenoxy) is 2. The van der Waals surface area contributed by atoms with Crippen LogP contribution in [-0.4, -0.2) is 21.3 Å². The third-order valence-electron chi connectivity index (χ3n) is 1.93. The quantitative estimate of drug-likeness (QED) is 0.787. The van der Waals surface area contributed by atoms with E-state index in [1.54, 1.807) is 33.5 Å². The third-order valence-corrected chi connectivity index (χ3v) is 2.15. The lowest BCUT2D eigenvalue weighted by molar-refractivity contribution is 0.0860. The average molecular weight is 232 g/mol. The van der Waals surface area contributed by atoms with E-state index in [0.29, 0.717) is 23.1 Å². The van der Waals surface area contributed by atoms with Gasteiger partial charge in [0.2, 0.25) is 0 Å². The van der Waals surface area contributed by atoms with Crippen molar-refractivity contribution in [3.63, 3.8) is 0 Å². The van der Waals surface area contributed by atoms with Gasteiger partial charge < -0.3 is 14.3 Å². The van der Waals surface area contributed by atoms with Crippen LogP contribution in [0, 0.1) is 0 Å². The van der Waals surface area contributed by atoms with Crippen molar-refractivity contribution in [3.8, 4) is 11.5 Å². The molecule has 0 heterocycles. The maximum absolute atomic E-state index is 5.93. The topological polar surface area (TPSA) is 39.7 Å². The molecule has 0 saturated heterocycles. The summed E-state index contributed by atoms with van der Waals surface area (Å²) in [5, 5.41) is 0.598. The summed E-state index contributed by atoms with van der Waals surface area (Å²) in [7, 11) is 4.71. The molecule has 0 radical (unpaired) electrons. The van der Waals surface area contributed by atoms with E-state index in [-0.39, 0.29) is 0 Å². The fraction of sp³-hybridized carbons (Fsp3) is 0.400. The lowest BCUT2D eigenvalue weighted by Gasteiger charge is -2.13. The van der Waals surface area contributed by atoms with Crippen molar-refractivity contribution in [2.75, 3.05) is 21.3 Å². The largest absolute Gasteiger partial charge is 0.493 e. The Labute approximate surface area is 94.0 Å². The lowest BCUT2D eigenvalue weighted by atomic mass is 10.2. The third kappa shape index (κ3) is 2.99. The number of methoxy groups -OCH3 is 2. The molecule has 0 aromatic heterocycles. The van der Waals surface area contributed by atoms with E-state index in [9.17, 15) is 0 Å². The Morgan fingerprint density at radius 1 is 1.20 bits per heavy atom.